The summed E-state index contributed by atoms with van der Waals surface area (Å²) in [6.07, 6.45) is -6.73. The highest BCUT2D eigenvalue weighted by Gasteiger charge is 2.36. The number of imidazole rings is 1. The Bertz CT molecular complexity index is 1500. The Kier molecular flexibility index (Phi) is 6.29. The Hall–Kier alpha value is -3.89. The van der Waals surface area contributed by atoms with E-state index in [2.05, 4.69) is 4.98 Å². The van der Waals surface area contributed by atoms with Crippen molar-refractivity contribution in [3.05, 3.63) is 83.4 Å². The summed E-state index contributed by atoms with van der Waals surface area (Å²) in [5.41, 5.74) is 2.87. The Morgan fingerprint density at radius 2 is 1.57 bits per heavy atom. The van der Waals surface area contributed by atoms with Gasteiger partial charge in [0.25, 0.3) is 0 Å². The van der Waals surface area contributed by atoms with E-state index in [0.29, 0.717) is 23.3 Å². The molecule has 2 aromatic carbocycles. The fourth-order valence-corrected chi connectivity index (χ4v) is 3.95. The van der Waals surface area contributed by atoms with Crippen molar-refractivity contribution in [2.24, 2.45) is 11.1 Å². The summed E-state index contributed by atoms with van der Waals surface area (Å²) in [5.74, 6) is -1.61. The fourth-order valence-electron chi connectivity index (χ4n) is 3.95. The number of hydrogen-bond donors (Lipinski definition) is 1. The number of amides is 1. The molecule has 0 aliphatic carbocycles. The van der Waals surface area contributed by atoms with Gasteiger partial charge < -0.3 is 10.1 Å². The molecule has 4 rings (SSSR count). The molecule has 0 radical (unpaired) electrons. The first kappa shape index (κ1) is 26.2. The summed E-state index contributed by atoms with van der Waals surface area (Å²) >= 11 is 0. The van der Waals surface area contributed by atoms with Gasteiger partial charge in [-0.2, -0.15) is 26.3 Å². The van der Waals surface area contributed by atoms with Crippen molar-refractivity contribution in [3.63, 3.8) is 0 Å². The number of carbonyl (C=O) groups excluding carboxylic acids is 1. The predicted octanol–water partition coefficient (Wildman–Crippen LogP) is 6.90. The minimum Gasteiger partial charge on any atom is -0.369 e. The van der Waals surface area contributed by atoms with Gasteiger partial charge in [-0.25, -0.2) is 9.37 Å². The van der Waals surface area contributed by atoms with Crippen molar-refractivity contribution < 1.29 is 35.5 Å². The van der Waals surface area contributed by atoms with Gasteiger partial charge in [-0.15, -0.1) is 0 Å². The Morgan fingerprint density at radius 1 is 0.892 bits per heavy atom. The summed E-state index contributed by atoms with van der Waals surface area (Å²) in [5, 5.41) is 0. The van der Waals surface area contributed by atoms with Crippen LogP contribution in [0.4, 0.5) is 30.7 Å². The topological polar surface area (TPSA) is 60.4 Å². The third-order valence-electron chi connectivity index (χ3n) is 6.06. The van der Waals surface area contributed by atoms with Crippen LogP contribution in [-0.2, 0) is 23.6 Å². The number of carbonyl (C=O) groups is 1. The number of pyridine rings is 1. The first-order valence-corrected chi connectivity index (χ1v) is 10.9. The predicted molar refractivity (Wildman–Crippen MR) is 123 cm³/mol. The summed E-state index contributed by atoms with van der Waals surface area (Å²) in [6.45, 7) is 2.89. The number of primary amides is 1. The number of nitrogens with zero attached hydrogens (tertiary/aromatic N) is 2. The van der Waals surface area contributed by atoms with Crippen LogP contribution < -0.4 is 5.73 Å². The molecule has 2 aromatic heterocycles. The normalized spacial score (nSPS) is 12.8. The molecular formula is C26H20F7N3O. The molecule has 0 spiro atoms. The van der Waals surface area contributed by atoms with Gasteiger partial charge in [0.05, 0.1) is 16.8 Å². The van der Waals surface area contributed by atoms with Gasteiger partial charge in [0.15, 0.2) is 0 Å². The quantitative estimate of drug-likeness (QED) is 0.290. The van der Waals surface area contributed by atoms with Gasteiger partial charge >= 0.3 is 12.4 Å². The molecule has 37 heavy (non-hydrogen) atoms. The molecule has 0 saturated heterocycles. The third kappa shape index (κ3) is 5.30. The van der Waals surface area contributed by atoms with E-state index in [1.54, 1.807) is 0 Å². The molecule has 0 unspecified atom stereocenters. The van der Waals surface area contributed by atoms with Crippen LogP contribution in [0.3, 0.4) is 0 Å². The van der Waals surface area contributed by atoms with Gasteiger partial charge in [-0.05, 0) is 54.4 Å². The minimum atomic E-state index is -4.66. The zero-order valence-corrected chi connectivity index (χ0v) is 19.5. The van der Waals surface area contributed by atoms with Crippen LogP contribution in [-0.4, -0.2) is 15.3 Å². The van der Waals surface area contributed by atoms with Crippen LogP contribution in [0, 0.1) is 11.2 Å². The Labute approximate surface area is 206 Å². The fraction of sp³-hybridized carbons (Fsp3) is 0.231. The lowest BCUT2D eigenvalue weighted by atomic mass is 9.83. The lowest BCUT2D eigenvalue weighted by molar-refractivity contribution is -0.139. The molecule has 1 amide bonds. The van der Waals surface area contributed by atoms with Crippen molar-refractivity contribution in [1.82, 2.24) is 9.38 Å². The maximum atomic E-state index is 14.4. The molecule has 0 fully saturated rings. The maximum Gasteiger partial charge on any atom is 0.416 e. The summed E-state index contributed by atoms with van der Waals surface area (Å²) in [7, 11) is 0. The second-order valence-corrected chi connectivity index (χ2v) is 9.30. The number of halogens is 7. The molecule has 0 aliphatic rings. The number of hydrogen-bond acceptors (Lipinski definition) is 2. The van der Waals surface area contributed by atoms with Crippen LogP contribution in [0.5, 0.6) is 0 Å². The summed E-state index contributed by atoms with van der Waals surface area (Å²) in [6, 6.07) is 8.36. The molecule has 4 aromatic rings. The molecule has 2 heterocycles. The molecule has 194 valence electrons. The van der Waals surface area contributed by atoms with Crippen LogP contribution in [0.2, 0.25) is 0 Å². The first-order valence-electron chi connectivity index (χ1n) is 10.9. The zero-order valence-electron chi connectivity index (χ0n) is 19.5. The van der Waals surface area contributed by atoms with Gasteiger partial charge in [0, 0.05) is 34.5 Å². The number of benzene rings is 2. The Balaban J connectivity index is 1.78. The molecule has 11 heteroatoms. The highest BCUT2D eigenvalue weighted by Crippen LogP contribution is 2.38. The number of alkyl halides is 6. The van der Waals surface area contributed by atoms with Crippen molar-refractivity contribution in [1.29, 1.82) is 0 Å². The van der Waals surface area contributed by atoms with E-state index in [4.69, 9.17) is 5.73 Å². The van der Waals surface area contributed by atoms with E-state index < -0.39 is 40.6 Å². The standard InChI is InChI=1S/C26H20F7N3O/c1-24(2,23(34)37)11-16-9-14(3-6-19(16)26(31,32)33)21-13-36-12-15(4-8-22(36)35-21)18-10-17(25(28,29)30)5-7-20(18)27/h3-10,12-13H,11H2,1-2H3,(H2,34,37). The van der Waals surface area contributed by atoms with E-state index in [0.717, 1.165) is 12.1 Å². The van der Waals surface area contributed by atoms with Crippen molar-refractivity contribution in [2.75, 3.05) is 0 Å². The number of aromatic nitrogens is 2. The molecule has 0 atom stereocenters. The SMILES string of the molecule is CC(C)(Cc1cc(-c2cn3cc(-c4cc(C(F)(F)F)ccc4F)ccc3n2)ccc1C(F)(F)F)C(N)=O. The van der Waals surface area contributed by atoms with E-state index in [9.17, 15) is 35.5 Å². The van der Waals surface area contributed by atoms with E-state index >= 15 is 0 Å². The second-order valence-electron chi connectivity index (χ2n) is 9.30. The van der Waals surface area contributed by atoms with Crippen molar-refractivity contribution >= 4 is 11.6 Å². The van der Waals surface area contributed by atoms with Crippen LogP contribution in [0.1, 0.15) is 30.5 Å². The highest BCUT2D eigenvalue weighted by molar-refractivity contribution is 5.80. The van der Waals surface area contributed by atoms with Crippen LogP contribution in [0.25, 0.3) is 28.0 Å². The molecule has 2 N–H and O–H groups in total. The highest BCUT2D eigenvalue weighted by atomic mass is 19.4. The average molecular weight is 523 g/mol. The molecule has 0 bridgehead atoms. The minimum absolute atomic E-state index is 0.141. The smallest absolute Gasteiger partial charge is 0.369 e. The zero-order chi connectivity index (χ0) is 27.3. The second kappa shape index (κ2) is 8.89. The number of fused-ring (bicyclic) bond motifs is 1. The van der Waals surface area contributed by atoms with Crippen LogP contribution >= 0.6 is 0 Å². The van der Waals surface area contributed by atoms with Crippen molar-refractivity contribution in [2.45, 2.75) is 32.6 Å². The van der Waals surface area contributed by atoms with Gasteiger partial charge in [-0.3, -0.25) is 4.79 Å². The third-order valence-corrected chi connectivity index (χ3v) is 6.06. The van der Waals surface area contributed by atoms with Gasteiger partial charge in [0.1, 0.15) is 11.5 Å². The molecular weight excluding hydrogens is 503 g/mol. The maximum absolute atomic E-state index is 14.4. The van der Waals surface area contributed by atoms with Crippen molar-refractivity contribution in [3.8, 4) is 22.4 Å². The lowest BCUT2D eigenvalue weighted by Crippen LogP contribution is -2.34. The van der Waals surface area contributed by atoms with E-state index in [1.807, 2.05) is 0 Å². The average Bonchev–Trinajstić information content (AvgIpc) is 3.21. The summed E-state index contributed by atoms with van der Waals surface area (Å²) < 4.78 is 96.0. The molecule has 0 aliphatic heterocycles. The van der Waals surface area contributed by atoms with E-state index in [-0.39, 0.29) is 28.8 Å². The molecule has 0 saturated carbocycles. The van der Waals surface area contributed by atoms with E-state index in [1.165, 1.54) is 54.9 Å². The lowest BCUT2D eigenvalue weighted by Gasteiger charge is -2.23. The first-order chi connectivity index (χ1) is 17.1. The molecule has 4 nitrogen and oxygen atoms in total. The van der Waals surface area contributed by atoms with Gasteiger partial charge in [-0.1, -0.05) is 19.9 Å². The number of nitrogens with two attached hydrogens (primary N) is 1. The van der Waals surface area contributed by atoms with Gasteiger partial charge in [0.2, 0.25) is 5.91 Å². The number of rotatable bonds is 5. The Morgan fingerprint density at radius 3 is 2.19 bits per heavy atom. The largest absolute Gasteiger partial charge is 0.416 e. The monoisotopic (exact) mass is 523 g/mol. The summed E-state index contributed by atoms with van der Waals surface area (Å²) in [4.78, 5) is 16.1. The van der Waals surface area contributed by atoms with Crippen LogP contribution in [0.15, 0.2) is 60.9 Å².